The molecule has 0 atom stereocenters. The van der Waals surface area contributed by atoms with E-state index in [1.54, 1.807) is 0 Å². The molecule has 14 heavy (non-hydrogen) atoms. The molecule has 3 nitrogen and oxygen atoms in total. The average Bonchev–Trinajstić information content (AvgIpc) is 2.85. The van der Waals surface area contributed by atoms with E-state index in [1.807, 2.05) is 41.6 Å². The molecule has 0 aliphatic carbocycles. The minimum Gasteiger partial charge on any atom is -0.283 e. The number of hydrogen-bond acceptors (Lipinski definition) is 0. The highest BCUT2D eigenvalue weighted by Crippen LogP contribution is 2.16. The summed E-state index contributed by atoms with van der Waals surface area (Å²) in [6.45, 7) is 0. The summed E-state index contributed by atoms with van der Waals surface area (Å²) in [7, 11) is 0. The first-order valence-corrected chi connectivity index (χ1v) is 4.56. The van der Waals surface area contributed by atoms with Crippen LogP contribution in [0.15, 0.2) is 49.2 Å². The summed E-state index contributed by atoms with van der Waals surface area (Å²) in [5, 5.41) is 2.47. The van der Waals surface area contributed by atoms with Crippen molar-refractivity contribution in [3.05, 3.63) is 49.2 Å². The Morgan fingerprint density at radius 1 is 1.14 bits per heavy atom. The van der Waals surface area contributed by atoms with Crippen LogP contribution in [0.5, 0.6) is 0 Å². The number of rotatable bonds is 1. The van der Waals surface area contributed by atoms with Gasteiger partial charge in [0.15, 0.2) is 6.33 Å². The van der Waals surface area contributed by atoms with Gasteiger partial charge in [0, 0.05) is 5.39 Å². The van der Waals surface area contributed by atoms with Crippen LogP contribution in [0.4, 0.5) is 0 Å². The minimum absolute atomic E-state index is 1.10. The Labute approximate surface area is 81.0 Å². The topological polar surface area (TPSA) is 35.5 Å². The standard InChI is InChI=1S/C11H9N3/c1-2-4-10-9(3-1)7-13-11(10)14-6-5-12-8-14/h1-8,13H/p+1. The molecule has 0 radical (unpaired) electrons. The quantitative estimate of drug-likeness (QED) is 0.541. The second-order valence-corrected chi connectivity index (χ2v) is 3.24. The highest BCUT2D eigenvalue weighted by molar-refractivity contribution is 5.87. The molecule has 0 fully saturated rings. The fraction of sp³-hybridized carbons (Fsp3) is 0. The Hall–Kier alpha value is -2.03. The lowest BCUT2D eigenvalue weighted by molar-refractivity contribution is -0.596. The number of aromatic amines is 2. The third-order valence-electron chi connectivity index (χ3n) is 2.38. The molecule has 0 amide bonds. The zero-order chi connectivity index (χ0) is 9.38. The number of benzene rings is 1. The molecule has 0 aliphatic rings. The zero-order valence-electron chi connectivity index (χ0n) is 7.57. The van der Waals surface area contributed by atoms with E-state index in [2.05, 4.69) is 22.1 Å². The van der Waals surface area contributed by atoms with Crippen LogP contribution in [0, 0.1) is 0 Å². The van der Waals surface area contributed by atoms with Gasteiger partial charge in [-0.2, -0.15) is 0 Å². The molecule has 2 aromatic heterocycles. The molecule has 68 valence electrons. The van der Waals surface area contributed by atoms with Gasteiger partial charge in [0.2, 0.25) is 5.82 Å². The molecule has 2 heterocycles. The van der Waals surface area contributed by atoms with E-state index >= 15 is 0 Å². The minimum atomic E-state index is 1.10. The number of imidazole rings is 1. The number of nitrogens with one attached hydrogen (secondary N) is 2. The molecule has 0 unspecified atom stereocenters. The zero-order valence-corrected chi connectivity index (χ0v) is 7.57. The molecule has 3 rings (SSSR count). The normalized spacial score (nSPS) is 10.9. The maximum Gasteiger partial charge on any atom is 0.238 e. The predicted molar refractivity (Wildman–Crippen MR) is 54.2 cm³/mol. The van der Waals surface area contributed by atoms with Crippen LogP contribution >= 0.6 is 0 Å². The van der Waals surface area contributed by atoms with Gasteiger partial charge in [0.25, 0.3) is 0 Å². The van der Waals surface area contributed by atoms with Crippen molar-refractivity contribution in [2.45, 2.75) is 0 Å². The summed E-state index contributed by atoms with van der Waals surface area (Å²) in [4.78, 5) is 6.28. The summed E-state index contributed by atoms with van der Waals surface area (Å²) < 4.78 is 2.03. The van der Waals surface area contributed by atoms with Gasteiger partial charge in [-0.25, -0.2) is 4.57 Å². The Balaban J connectivity index is 2.33. The van der Waals surface area contributed by atoms with E-state index < -0.39 is 0 Å². The van der Waals surface area contributed by atoms with Crippen LogP contribution in [0.3, 0.4) is 0 Å². The van der Waals surface area contributed by atoms with Gasteiger partial charge < -0.3 is 0 Å². The van der Waals surface area contributed by atoms with Gasteiger partial charge >= 0.3 is 0 Å². The SMILES string of the molecule is c1ccc2c(-[n+]3cc[nH]c3)[nH]cc2c1. The van der Waals surface area contributed by atoms with Crippen molar-refractivity contribution < 1.29 is 4.57 Å². The lowest BCUT2D eigenvalue weighted by Crippen LogP contribution is -2.27. The summed E-state index contributed by atoms with van der Waals surface area (Å²) in [6, 6.07) is 8.30. The van der Waals surface area contributed by atoms with Gasteiger partial charge in [-0.15, -0.1) is 0 Å². The maximum atomic E-state index is 3.26. The van der Waals surface area contributed by atoms with Crippen LogP contribution in [0.1, 0.15) is 0 Å². The summed E-state index contributed by atoms with van der Waals surface area (Å²) in [6.07, 6.45) is 7.82. The highest BCUT2D eigenvalue weighted by Gasteiger charge is 2.08. The van der Waals surface area contributed by atoms with Crippen LogP contribution < -0.4 is 4.57 Å². The molecule has 0 bridgehead atoms. The average molecular weight is 184 g/mol. The van der Waals surface area contributed by atoms with Crippen molar-refractivity contribution in [2.24, 2.45) is 0 Å². The molecule has 3 heteroatoms. The van der Waals surface area contributed by atoms with Crippen molar-refractivity contribution in [2.75, 3.05) is 0 Å². The second-order valence-electron chi connectivity index (χ2n) is 3.24. The lowest BCUT2D eigenvalue weighted by atomic mass is 10.2. The van der Waals surface area contributed by atoms with Crippen molar-refractivity contribution in [3.63, 3.8) is 0 Å². The van der Waals surface area contributed by atoms with Gasteiger partial charge in [0.05, 0.1) is 17.8 Å². The Morgan fingerprint density at radius 3 is 2.93 bits per heavy atom. The van der Waals surface area contributed by atoms with Crippen LogP contribution in [0.25, 0.3) is 16.6 Å². The first-order chi connectivity index (χ1) is 6.95. The Bertz CT molecular complexity index is 549. The maximum absolute atomic E-state index is 3.26. The van der Waals surface area contributed by atoms with E-state index in [1.165, 1.54) is 10.8 Å². The van der Waals surface area contributed by atoms with Crippen molar-refractivity contribution in [3.8, 4) is 5.82 Å². The summed E-state index contributed by atoms with van der Waals surface area (Å²) in [5.41, 5.74) is 0. The van der Waals surface area contributed by atoms with Crippen molar-refractivity contribution in [1.82, 2.24) is 9.97 Å². The number of fused-ring (bicyclic) bond motifs is 1. The van der Waals surface area contributed by atoms with Crippen LogP contribution in [-0.4, -0.2) is 9.97 Å². The molecular weight excluding hydrogens is 174 g/mol. The van der Waals surface area contributed by atoms with Gasteiger partial charge in [-0.3, -0.25) is 9.97 Å². The van der Waals surface area contributed by atoms with Crippen molar-refractivity contribution >= 4 is 10.8 Å². The van der Waals surface area contributed by atoms with E-state index in [9.17, 15) is 0 Å². The first-order valence-electron chi connectivity index (χ1n) is 4.56. The van der Waals surface area contributed by atoms with Crippen LogP contribution in [-0.2, 0) is 0 Å². The largest absolute Gasteiger partial charge is 0.283 e. The fourth-order valence-corrected chi connectivity index (χ4v) is 1.70. The Kier molecular flexibility index (Phi) is 1.44. The van der Waals surface area contributed by atoms with Crippen molar-refractivity contribution in [1.29, 1.82) is 0 Å². The van der Waals surface area contributed by atoms with E-state index in [4.69, 9.17) is 0 Å². The third kappa shape index (κ3) is 0.956. The first kappa shape index (κ1) is 7.38. The molecule has 1 aromatic carbocycles. The van der Waals surface area contributed by atoms with E-state index in [0.717, 1.165) is 5.82 Å². The van der Waals surface area contributed by atoms with Gasteiger partial charge in [-0.1, -0.05) is 18.2 Å². The number of nitrogens with zero attached hydrogens (tertiary/aromatic N) is 1. The molecule has 3 aromatic rings. The van der Waals surface area contributed by atoms with Gasteiger partial charge in [0.1, 0.15) is 6.20 Å². The number of H-pyrrole nitrogens is 2. The molecule has 0 aliphatic heterocycles. The molecule has 0 saturated carbocycles. The smallest absolute Gasteiger partial charge is 0.238 e. The van der Waals surface area contributed by atoms with E-state index in [0.29, 0.717) is 0 Å². The van der Waals surface area contributed by atoms with E-state index in [-0.39, 0.29) is 0 Å². The molecule has 2 N–H and O–H groups in total. The number of aromatic nitrogens is 3. The Morgan fingerprint density at radius 2 is 2.07 bits per heavy atom. The molecule has 0 saturated heterocycles. The molecular formula is C11H10N3+. The van der Waals surface area contributed by atoms with Gasteiger partial charge in [-0.05, 0) is 6.07 Å². The molecule has 0 spiro atoms. The lowest BCUT2D eigenvalue weighted by Gasteiger charge is -1.91. The van der Waals surface area contributed by atoms with Crippen LogP contribution in [0.2, 0.25) is 0 Å². The summed E-state index contributed by atoms with van der Waals surface area (Å²) in [5.74, 6) is 1.10. The number of hydrogen-bond donors (Lipinski definition) is 2. The second kappa shape index (κ2) is 2.73. The predicted octanol–water partition coefficient (Wildman–Crippen LogP) is 1.77. The monoisotopic (exact) mass is 184 g/mol. The highest BCUT2D eigenvalue weighted by atomic mass is 15.1. The fourth-order valence-electron chi connectivity index (χ4n) is 1.70. The third-order valence-corrected chi connectivity index (χ3v) is 2.38. The summed E-state index contributed by atoms with van der Waals surface area (Å²) >= 11 is 0.